The maximum atomic E-state index is 13.3. The highest BCUT2D eigenvalue weighted by atomic mass is 35.5. The maximum absolute atomic E-state index is 13.3. The summed E-state index contributed by atoms with van der Waals surface area (Å²) >= 11 is 6.21. The van der Waals surface area contributed by atoms with E-state index in [4.69, 9.17) is 11.6 Å². The molecule has 0 saturated heterocycles. The predicted octanol–water partition coefficient (Wildman–Crippen LogP) is 4.85. The summed E-state index contributed by atoms with van der Waals surface area (Å²) in [7, 11) is -3.67. The average Bonchev–Trinajstić information content (AvgIpc) is 3.19. The quantitative estimate of drug-likeness (QED) is 0.412. The highest BCUT2D eigenvalue weighted by Gasteiger charge is 2.25. The fourth-order valence-corrected chi connectivity index (χ4v) is 6.34. The van der Waals surface area contributed by atoms with E-state index in [1.807, 2.05) is 35.2 Å². The lowest BCUT2D eigenvalue weighted by atomic mass is 10.00. The van der Waals surface area contributed by atoms with Crippen molar-refractivity contribution < 1.29 is 13.2 Å². The molecule has 0 atom stereocenters. The Kier molecular flexibility index (Phi) is 5.72. The van der Waals surface area contributed by atoms with E-state index in [9.17, 15) is 13.2 Å². The Bertz CT molecular complexity index is 1460. The number of fused-ring (bicyclic) bond motifs is 2. The Balaban J connectivity index is 1.44. The highest BCUT2D eigenvalue weighted by molar-refractivity contribution is 7.90. The first-order valence-corrected chi connectivity index (χ1v) is 12.8. The van der Waals surface area contributed by atoms with Gasteiger partial charge in [0.05, 0.1) is 10.6 Å². The normalized spacial score (nSPS) is 13.8. The van der Waals surface area contributed by atoms with Crippen LogP contribution in [0.1, 0.15) is 16.7 Å². The van der Waals surface area contributed by atoms with E-state index < -0.39 is 9.84 Å². The van der Waals surface area contributed by atoms with Gasteiger partial charge in [0.2, 0.25) is 5.91 Å². The van der Waals surface area contributed by atoms with Crippen LogP contribution in [0.3, 0.4) is 0 Å². The number of benzene rings is 3. The van der Waals surface area contributed by atoms with Gasteiger partial charge in [0, 0.05) is 35.2 Å². The number of sulfone groups is 1. The van der Waals surface area contributed by atoms with Crippen LogP contribution in [0.15, 0.2) is 83.9 Å². The molecule has 1 aliphatic heterocycles. The standard InChI is InChI=1S/C26H23ClN2O3S/c27-23-11-5-3-9-21(23)18-33(31,32)25-16-29(24-12-6-4-10-22(24)25)17-26(30)28-14-13-19-7-1-2-8-20(19)15-28/h1-12,16H,13-15,17-18H2. The number of para-hydroxylation sites is 1. The second kappa shape index (κ2) is 8.69. The van der Waals surface area contributed by atoms with Crippen molar-refractivity contribution in [2.75, 3.05) is 6.54 Å². The molecule has 0 spiro atoms. The van der Waals surface area contributed by atoms with E-state index in [-0.39, 0.29) is 23.1 Å². The molecule has 1 amide bonds. The molecule has 1 aromatic heterocycles. The van der Waals surface area contributed by atoms with Crippen LogP contribution >= 0.6 is 11.6 Å². The molecule has 3 aromatic carbocycles. The van der Waals surface area contributed by atoms with E-state index in [1.165, 1.54) is 5.56 Å². The third-order valence-electron chi connectivity index (χ3n) is 6.18. The van der Waals surface area contributed by atoms with Crippen LogP contribution in [-0.2, 0) is 39.9 Å². The van der Waals surface area contributed by atoms with E-state index in [0.29, 0.717) is 29.1 Å². The number of amides is 1. The molecule has 2 heterocycles. The van der Waals surface area contributed by atoms with Gasteiger partial charge in [0.25, 0.3) is 0 Å². The molecular weight excluding hydrogens is 456 g/mol. The third kappa shape index (κ3) is 4.28. The molecule has 5 nitrogen and oxygen atoms in total. The zero-order chi connectivity index (χ0) is 23.0. The van der Waals surface area contributed by atoms with E-state index in [1.54, 1.807) is 41.1 Å². The number of carbonyl (C=O) groups is 1. The van der Waals surface area contributed by atoms with Gasteiger partial charge in [-0.15, -0.1) is 0 Å². The molecule has 0 aliphatic carbocycles. The molecule has 0 radical (unpaired) electrons. The summed E-state index contributed by atoms with van der Waals surface area (Å²) in [6.07, 6.45) is 2.42. The summed E-state index contributed by atoms with van der Waals surface area (Å²) in [5.74, 6) is -0.224. The molecule has 0 bridgehead atoms. The molecule has 33 heavy (non-hydrogen) atoms. The number of hydrogen-bond acceptors (Lipinski definition) is 3. The number of aromatic nitrogens is 1. The SMILES string of the molecule is O=C(Cn1cc(S(=O)(=O)Cc2ccccc2Cl)c2ccccc21)N1CCc2ccccc2C1. The topological polar surface area (TPSA) is 59.4 Å². The second-order valence-electron chi connectivity index (χ2n) is 8.32. The Morgan fingerprint density at radius 2 is 1.61 bits per heavy atom. The zero-order valence-corrected chi connectivity index (χ0v) is 19.5. The van der Waals surface area contributed by atoms with Crippen molar-refractivity contribution in [3.8, 4) is 0 Å². The molecule has 0 N–H and O–H groups in total. The number of hydrogen-bond donors (Lipinski definition) is 0. The largest absolute Gasteiger partial charge is 0.337 e. The molecule has 0 saturated carbocycles. The monoisotopic (exact) mass is 478 g/mol. The molecule has 5 rings (SSSR count). The van der Waals surface area contributed by atoms with Gasteiger partial charge < -0.3 is 9.47 Å². The second-order valence-corrected chi connectivity index (χ2v) is 10.7. The van der Waals surface area contributed by atoms with E-state index in [0.717, 1.165) is 17.5 Å². The van der Waals surface area contributed by atoms with Gasteiger partial charge in [-0.1, -0.05) is 72.3 Å². The average molecular weight is 479 g/mol. The molecular formula is C26H23ClN2O3S. The lowest BCUT2D eigenvalue weighted by molar-refractivity contribution is -0.132. The minimum absolute atomic E-state index is 0.0275. The summed E-state index contributed by atoms with van der Waals surface area (Å²) in [5, 5.41) is 1.03. The summed E-state index contributed by atoms with van der Waals surface area (Å²) in [4.78, 5) is 15.2. The van der Waals surface area contributed by atoms with Gasteiger partial charge in [0.15, 0.2) is 9.84 Å². The summed E-state index contributed by atoms with van der Waals surface area (Å²) in [6.45, 7) is 1.32. The molecule has 7 heteroatoms. The Morgan fingerprint density at radius 3 is 2.42 bits per heavy atom. The highest BCUT2D eigenvalue weighted by Crippen LogP contribution is 2.30. The first-order valence-electron chi connectivity index (χ1n) is 10.8. The van der Waals surface area contributed by atoms with Crippen LogP contribution in [0.25, 0.3) is 10.9 Å². The van der Waals surface area contributed by atoms with E-state index in [2.05, 4.69) is 12.1 Å². The van der Waals surface area contributed by atoms with Crippen molar-refractivity contribution in [3.05, 3.63) is 101 Å². The van der Waals surface area contributed by atoms with Gasteiger partial charge >= 0.3 is 0 Å². The Hall–Kier alpha value is -3.09. The first-order chi connectivity index (χ1) is 15.9. The van der Waals surface area contributed by atoms with Crippen LogP contribution < -0.4 is 0 Å². The van der Waals surface area contributed by atoms with Crippen LogP contribution in [0.2, 0.25) is 5.02 Å². The fourth-order valence-electron chi connectivity index (χ4n) is 4.44. The van der Waals surface area contributed by atoms with Gasteiger partial charge in [0.1, 0.15) is 6.54 Å². The lowest BCUT2D eigenvalue weighted by Gasteiger charge is -2.29. The zero-order valence-electron chi connectivity index (χ0n) is 17.9. The van der Waals surface area contributed by atoms with Crippen molar-refractivity contribution in [2.45, 2.75) is 30.2 Å². The van der Waals surface area contributed by atoms with Crippen LogP contribution in [0, 0.1) is 0 Å². The third-order valence-corrected chi connectivity index (χ3v) is 8.23. The lowest BCUT2D eigenvalue weighted by Crippen LogP contribution is -2.37. The fraction of sp³-hybridized carbons (Fsp3) is 0.192. The van der Waals surface area contributed by atoms with Crippen molar-refractivity contribution in [3.63, 3.8) is 0 Å². The van der Waals surface area contributed by atoms with Gasteiger partial charge in [-0.05, 0) is 35.2 Å². The Labute approximate surface area is 198 Å². The summed E-state index contributed by atoms with van der Waals surface area (Å²) < 4.78 is 28.4. The van der Waals surface area contributed by atoms with Crippen molar-refractivity contribution in [1.29, 1.82) is 0 Å². The first kappa shape index (κ1) is 21.7. The molecule has 4 aromatic rings. The smallest absolute Gasteiger partial charge is 0.242 e. The summed E-state index contributed by atoms with van der Waals surface area (Å²) in [6, 6.07) is 22.4. The van der Waals surface area contributed by atoms with Gasteiger partial charge in [-0.3, -0.25) is 4.79 Å². The molecule has 168 valence electrons. The number of carbonyl (C=O) groups excluding carboxylic acids is 1. The summed E-state index contributed by atoms with van der Waals surface area (Å²) in [5.41, 5.74) is 3.72. The van der Waals surface area contributed by atoms with Gasteiger partial charge in [-0.25, -0.2) is 8.42 Å². The van der Waals surface area contributed by atoms with E-state index >= 15 is 0 Å². The molecule has 0 unspecified atom stereocenters. The predicted molar refractivity (Wildman–Crippen MR) is 130 cm³/mol. The van der Waals surface area contributed by atoms with Crippen molar-refractivity contribution in [2.24, 2.45) is 0 Å². The van der Waals surface area contributed by atoms with Crippen LogP contribution in [0.5, 0.6) is 0 Å². The molecule has 0 fully saturated rings. The minimum atomic E-state index is -3.67. The number of nitrogens with zero attached hydrogens (tertiary/aromatic N) is 2. The number of halogens is 1. The molecule has 1 aliphatic rings. The van der Waals surface area contributed by atoms with Gasteiger partial charge in [-0.2, -0.15) is 0 Å². The number of rotatable bonds is 5. The Morgan fingerprint density at radius 1 is 0.909 bits per heavy atom. The van der Waals surface area contributed by atoms with Crippen molar-refractivity contribution >= 4 is 38.2 Å². The van der Waals surface area contributed by atoms with Crippen LogP contribution in [0.4, 0.5) is 0 Å². The minimum Gasteiger partial charge on any atom is -0.337 e. The maximum Gasteiger partial charge on any atom is 0.242 e. The van der Waals surface area contributed by atoms with Crippen LogP contribution in [-0.4, -0.2) is 30.3 Å². The van der Waals surface area contributed by atoms with Crippen molar-refractivity contribution in [1.82, 2.24) is 9.47 Å².